The molecule has 0 bridgehead atoms. The van der Waals surface area contributed by atoms with E-state index in [9.17, 15) is 4.79 Å². The van der Waals surface area contributed by atoms with Gasteiger partial charge in [0, 0.05) is 11.9 Å². The number of nitrogens with zero attached hydrogens (tertiary/aromatic N) is 1. The summed E-state index contributed by atoms with van der Waals surface area (Å²) in [6.07, 6.45) is -0.500. The number of amides is 1. The zero-order chi connectivity index (χ0) is 14.8. The first-order chi connectivity index (χ1) is 10.2. The lowest BCUT2D eigenvalue weighted by Crippen LogP contribution is -2.47. The van der Waals surface area contributed by atoms with Crippen molar-refractivity contribution in [3.63, 3.8) is 0 Å². The Morgan fingerprint density at radius 1 is 1.43 bits per heavy atom. The van der Waals surface area contributed by atoms with Crippen molar-refractivity contribution >= 4 is 34.5 Å². The van der Waals surface area contributed by atoms with Gasteiger partial charge in [0.25, 0.3) is 5.91 Å². The molecule has 0 fully saturated rings. The number of anilines is 1. The van der Waals surface area contributed by atoms with Gasteiger partial charge in [0.1, 0.15) is 5.75 Å². The summed E-state index contributed by atoms with van der Waals surface area (Å²) >= 11 is 7.54. The maximum atomic E-state index is 11.9. The molecular formula is C15H15ClN2O2S. The monoisotopic (exact) mass is 322 g/mol. The van der Waals surface area contributed by atoms with E-state index in [1.165, 1.54) is 0 Å². The first kappa shape index (κ1) is 14.2. The van der Waals surface area contributed by atoms with Crippen LogP contribution < -0.4 is 15.0 Å². The molecule has 1 atom stereocenters. The summed E-state index contributed by atoms with van der Waals surface area (Å²) in [5.41, 5.74) is 1.00. The van der Waals surface area contributed by atoms with E-state index in [-0.39, 0.29) is 5.91 Å². The highest BCUT2D eigenvalue weighted by atomic mass is 35.5. The number of ether oxygens (including phenoxy) is 1. The van der Waals surface area contributed by atoms with Gasteiger partial charge in [0.05, 0.1) is 23.1 Å². The second-order valence-electron chi connectivity index (χ2n) is 4.77. The predicted octanol–water partition coefficient (Wildman–Crippen LogP) is 2.92. The van der Waals surface area contributed by atoms with Crippen LogP contribution in [-0.2, 0) is 11.3 Å². The summed E-state index contributed by atoms with van der Waals surface area (Å²) in [7, 11) is 1.62. The van der Waals surface area contributed by atoms with Gasteiger partial charge in [-0.15, -0.1) is 11.3 Å². The third-order valence-electron chi connectivity index (χ3n) is 3.38. The van der Waals surface area contributed by atoms with Gasteiger partial charge in [-0.05, 0) is 24.3 Å². The molecule has 0 spiro atoms. The molecule has 0 unspecified atom stereocenters. The molecule has 1 aromatic carbocycles. The maximum Gasteiger partial charge on any atom is 0.262 e. The highest BCUT2D eigenvalue weighted by Crippen LogP contribution is 2.35. The SMILES string of the molecule is CNC(=O)[C@H]1CN(Cc2ccc(Cl)s2)c2ccccc2O1. The van der Waals surface area contributed by atoms with Crippen molar-refractivity contribution in [2.24, 2.45) is 0 Å². The molecule has 0 aliphatic carbocycles. The number of hydrogen-bond acceptors (Lipinski definition) is 4. The summed E-state index contributed by atoms with van der Waals surface area (Å²) in [5.74, 6) is 0.624. The zero-order valence-electron chi connectivity index (χ0n) is 11.5. The fourth-order valence-corrected chi connectivity index (χ4v) is 3.48. The number of thiophene rings is 1. The van der Waals surface area contributed by atoms with Crippen molar-refractivity contribution in [2.75, 3.05) is 18.5 Å². The number of likely N-dealkylation sites (N-methyl/N-ethyl adjacent to an activating group) is 1. The Kier molecular flexibility index (Phi) is 4.03. The van der Waals surface area contributed by atoms with Crippen LogP contribution in [-0.4, -0.2) is 25.6 Å². The summed E-state index contributed by atoms with van der Waals surface area (Å²) < 4.78 is 6.55. The number of fused-ring (bicyclic) bond motifs is 1. The molecule has 1 amide bonds. The molecule has 0 saturated heterocycles. The standard InChI is InChI=1S/C15H15ClN2O2S/c1-17-15(19)13-9-18(8-10-6-7-14(16)21-10)11-4-2-3-5-12(11)20-13/h2-7,13H,8-9H2,1H3,(H,17,19)/t13-/m1/s1. The van der Waals surface area contributed by atoms with Crippen LogP contribution >= 0.6 is 22.9 Å². The second kappa shape index (κ2) is 5.95. The lowest BCUT2D eigenvalue weighted by molar-refractivity contribution is -0.127. The number of rotatable bonds is 3. The second-order valence-corrected chi connectivity index (χ2v) is 6.57. The summed E-state index contributed by atoms with van der Waals surface area (Å²) in [4.78, 5) is 15.2. The van der Waals surface area contributed by atoms with Crippen LogP contribution in [0.1, 0.15) is 4.88 Å². The van der Waals surface area contributed by atoms with Crippen molar-refractivity contribution in [1.82, 2.24) is 5.32 Å². The Morgan fingerprint density at radius 2 is 2.24 bits per heavy atom. The first-order valence-electron chi connectivity index (χ1n) is 6.64. The van der Waals surface area contributed by atoms with Gasteiger partial charge in [-0.3, -0.25) is 4.79 Å². The fourth-order valence-electron chi connectivity index (χ4n) is 2.38. The van der Waals surface area contributed by atoms with E-state index in [0.29, 0.717) is 13.1 Å². The number of halogens is 1. The van der Waals surface area contributed by atoms with E-state index >= 15 is 0 Å². The summed E-state index contributed by atoms with van der Waals surface area (Å²) in [6, 6.07) is 11.7. The van der Waals surface area contributed by atoms with E-state index in [1.54, 1.807) is 18.4 Å². The molecule has 1 aliphatic rings. The molecule has 2 heterocycles. The molecule has 110 valence electrons. The first-order valence-corrected chi connectivity index (χ1v) is 7.83. The Labute approximate surface area is 132 Å². The molecule has 21 heavy (non-hydrogen) atoms. The van der Waals surface area contributed by atoms with Crippen LogP contribution in [0.2, 0.25) is 4.34 Å². The number of carbonyl (C=O) groups is 1. The van der Waals surface area contributed by atoms with E-state index in [0.717, 1.165) is 20.7 Å². The van der Waals surface area contributed by atoms with Gasteiger partial charge in [-0.1, -0.05) is 23.7 Å². The molecule has 3 rings (SSSR count). The van der Waals surface area contributed by atoms with Gasteiger partial charge in [0.15, 0.2) is 6.10 Å². The minimum Gasteiger partial charge on any atom is -0.477 e. The van der Waals surface area contributed by atoms with Crippen molar-refractivity contribution in [3.8, 4) is 5.75 Å². The zero-order valence-corrected chi connectivity index (χ0v) is 13.1. The van der Waals surface area contributed by atoms with Crippen LogP contribution in [0.25, 0.3) is 0 Å². The van der Waals surface area contributed by atoms with Crippen molar-refractivity contribution in [3.05, 3.63) is 45.6 Å². The van der Waals surface area contributed by atoms with Gasteiger partial charge >= 0.3 is 0 Å². The maximum absolute atomic E-state index is 11.9. The van der Waals surface area contributed by atoms with Crippen molar-refractivity contribution in [1.29, 1.82) is 0 Å². The molecule has 1 N–H and O–H groups in total. The number of carbonyl (C=O) groups excluding carboxylic acids is 1. The number of para-hydroxylation sites is 2. The minimum atomic E-state index is -0.500. The molecule has 0 saturated carbocycles. The van der Waals surface area contributed by atoms with E-state index in [1.807, 2.05) is 36.4 Å². The molecule has 1 aliphatic heterocycles. The predicted molar refractivity (Wildman–Crippen MR) is 85.3 cm³/mol. The summed E-state index contributed by atoms with van der Waals surface area (Å²) in [6.45, 7) is 1.23. The van der Waals surface area contributed by atoms with E-state index in [4.69, 9.17) is 16.3 Å². The molecule has 2 aromatic rings. The third kappa shape index (κ3) is 2.99. The Morgan fingerprint density at radius 3 is 2.95 bits per heavy atom. The Balaban J connectivity index is 1.88. The van der Waals surface area contributed by atoms with Crippen LogP contribution in [0.15, 0.2) is 36.4 Å². The number of benzene rings is 1. The molecule has 6 heteroatoms. The van der Waals surface area contributed by atoms with Gasteiger partial charge < -0.3 is 15.0 Å². The van der Waals surface area contributed by atoms with E-state index in [2.05, 4.69) is 10.2 Å². The average Bonchev–Trinajstić information content (AvgIpc) is 2.91. The Hall–Kier alpha value is -1.72. The molecule has 4 nitrogen and oxygen atoms in total. The fraction of sp³-hybridized carbons (Fsp3) is 0.267. The van der Waals surface area contributed by atoms with Gasteiger partial charge in [-0.25, -0.2) is 0 Å². The van der Waals surface area contributed by atoms with Gasteiger partial charge in [0.2, 0.25) is 0 Å². The van der Waals surface area contributed by atoms with Crippen LogP contribution in [0.5, 0.6) is 5.75 Å². The topological polar surface area (TPSA) is 41.6 Å². The number of nitrogens with one attached hydrogen (secondary N) is 1. The van der Waals surface area contributed by atoms with Crippen molar-refractivity contribution in [2.45, 2.75) is 12.6 Å². The smallest absolute Gasteiger partial charge is 0.262 e. The normalized spacial score (nSPS) is 17.0. The third-order valence-corrected chi connectivity index (χ3v) is 4.59. The lowest BCUT2D eigenvalue weighted by atomic mass is 10.1. The highest BCUT2D eigenvalue weighted by Gasteiger charge is 2.30. The van der Waals surface area contributed by atoms with Crippen LogP contribution in [0, 0.1) is 0 Å². The highest BCUT2D eigenvalue weighted by molar-refractivity contribution is 7.16. The molecule has 1 aromatic heterocycles. The molecule has 0 radical (unpaired) electrons. The average molecular weight is 323 g/mol. The van der Waals surface area contributed by atoms with Crippen LogP contribution in [0.4, 0.5) is 5.69 Å². The Bertz CT molecular complexity index is 659. The van der Waals surface area contributed by atoms with Crippen molar-refractivity contribution < 1.29 is 9.53 Å². The van der Waals surface area contributed by atoms with E-state index < -0.39 is 6.10 Å². The lowest BCUT2D eigenvalue weighted by Gasteiger charge is -2.35. The minimum absolute atomic E-state index is 0.112. The quantitative estimate of drug-likeness (QED) is 0.944. The number of hydrogen-bond donors (Lipinski definition) is 1. The molecular weight excluding hydrogens is 308 g/mol. The largest absolute Gasteiger partial charge is 0.477 e. The summed E-state index contributed by atoms with van der Waals surface area (Å²) in [5, 5.41) is 2.64. The van der Waals surface area contributed by atoms with Crippen LogP contribution in [0.3, 0.4) is 0 Å². The van der Waals surface area contributed by atoms with Gasteiger partial charge in [-0.2, -0.15) is 0 Å².